The molecule has 1 rings (SSSR count). The van der Waals surface area contributed by atoms with E-state index in [0.29, 0.717) is 12.1 Å². The second-order valence-corrected chi connectivity index (χ2v) is 7.85. The number of hydrogen-bond acceptors (Lipinski definition) is 3. The number of morpholine rings is 1. The standard InChI is InChI=1S/C18H38N2O/c1-8-11-15(19-12-9-2)16(10-3)20-13-17(4,5)21-18(6,7)14-20/h15-16,19H,8-14H2,1-7H3. The Kier molecular flexibility index (Phi) is 7.15. The molecule has 2 unspecified atom stereocenters. The molecular formula is C18H38N2O. The molecule has 0 spiro atoms. The minimum absolute atomic E-state index is 0.0588. The summed E-state index contributed by atoms with van der Waals surface area (Å²) in [5.41, 5.74) is -0.118. The fraction of sp³-hybridized carbons (Fsp3) is 1.00. The third-order valence-corrected chi connectivity index (χ3v) is 4.33. The van der Waals surface area contributed by atoms with E-state index in [2.05, 4.69) is 58.7 Å². The second kappa shape index (κ2) is 7.94. The van der Waals surface area contributed by atoms with E-state index in [1.165, 1.54) is 25.7 Å². The maximum absolute atomic E-state index is 6.24. The fourth-order valence-electron chi connectivity index (χ4n) is 3.95. The first-order valence-corrected chi connectivity index (χ1v) is 8.92. The summed E-state index contributed by atoms with van der Waals surface area (Å²) in [6, 6.07) is 1.21. The van der Waals surface area contributed by atoms with Crippen molar-refractivity contribution < 1.29 is 4.74 Å². The molecule has 0 amide bonds. The van der Waals surface area contributed by atoms with Crippen LogP contribution in [0.5, 0.6) is 0 Å². The van der Waals surface area contributed by atoms with Crippen LogP contribution in [0.15, 0.2) is 0 Å². The first kappa shape index (κ1) is 18.9. The summed E-state index contributed by atoms with van der Waals surface area (Å²) in [5.74, 6) is 0. The highest BCUT2D eigenvalue weighted by atomic mass is 16.5. The van der Waals surface area contributed by atoms with Gasteiger partial charge in [0.15, 0.2) is 0 Å². The van der Waals surface area contributed by atoms with Gasteiger partial charge in [0.25, 0.3) is 0 Å². The number of ether oxygens (including phenoxy) is 1. The van der Waals surface area contributed by atoms with Crippen molar-refractivity contribution in [2.24, 2.45) is 0 Å². The van der Waals surface area contributed by atoms with Crippen molar-refractivity contribution in [3.63, 3.8) is 0 Å². The van der Waals surface area contributed by atoms with Gasteiger partial charge >= 0.3 is 0 Å². The van der Waals surface area contributed by atoms with Crippen LogP contribution in [0.4, 0.5) is 0 Å². The van der Waals surface area contributed by atoms with Crippen molar-refractivity contribution in [3.05, 3.63) is 0 Å². The van der Waals surface area contributed by atoms with Crippen LogP contribution >= 0.6 is 0 Å². The average Bonchev–Trinajstić information content (AvgIpc) is 2.33. The monoisotopic (exact) mass is 298 g/mol. The van der Waals surface area contributed by atoms with Crippen LogP contribution in [-0.4, -0.2) is 47.8 Å². The van der Waals surface area contributed by atoms with E-state index in [4.69, 9.17) is 4.74 Å². The molecule has 126 valence electrons. The van der Waals surface area contributed by atoms with E-state index >= 15 is 0 Å². The van der Waals surface area contributed by atoms with Gasteiger partial charge in [-0.2, -0.15) is 0 Å². The molecule has 0 aromatic carbocycles. The Morgan fingerprint density at radius 3 is 2.00 bits per heavy atom. The molecule has 0 aromatic heterocycles. The Morgan fingerprint density at radius 2 is 1.57 bits per heavy atom. The van der Waals surface area contributed by atoms with Gasteiger partial charge in [0, 0.05) is 25.2 Å². The van der Waals surface area contributed by atoms with Crippen LogP contribution in [0.1, 0.15) is 74.1 Å². The lowest BCUT2D eigenvalue weighted by molar-refractivity contribution is -0.189. The van der Waals surface area contributed by atoms with Crippen molar-refractivity contribution in [1.82, 2.24) is 10.2 Å². The van der Waals surface area contributed by atoms with E-state index < -0.39 is 0 Å². The van der Waals surface area contributed by atoms with Crippen LogP contribution in [0.3, 0.4) is 0 Å². The molecule has 0 aliphatic carbocycles. The largest absolute Gasteiger partial charge is 0.367 e. The van der Waals surface area contributed by atoms with E-state index in [1.807, 2.05) is 0 Å². The molecule has 3 nitrogen and oxygen atoms in total. The Morgan fingerprint density at radius 1 is 1.00 bits per heavy atom. The van der Waals surface area contributed by atoms with E-state index in [1.54, 1.807) is 0 Å². The molecule has 1 saturated heterocycles. The van der Waals surface area contributed by atoms with Crippen LogP contribution in [0, 0.1) is 0 Å². The average molecular weight is 299 g/mol. The van der Waals surface area contributed by atoms with Crippen molar-refractivity contribution in [1.29, 1.82) is 0 Å². The van der Waals surface area contributed by atoms with E-state index in [0.717, 1.165) is 19.6 Å². The Bertz CT molecular complexity index is 286. The number of nitrogens with one attached hydrogen (secondary N) is 1. The number of nitrogens with zero attached hydrogens (tertiary/aromatic N) is 1. The molecule has 0 saturated carbocycles. The van der Waals surface area contributed by atoms with Gasteiger partial charge in [-0.25, -0.2) is 0 Å². The minimum atomic E-state index is -0.0588. The Hall–Kier alpha value is -0.120. The lowest BCUT2D eigenvalue weighted by atomic mass is 9.92. The van der Waals surface area contributed by atoms with Gasteiger partial charge in [0.1, 0.15) is 0 Å². The van der Waals surface area contributed by atoms with Gasteiger partial charge in [0.05, 0.1) is 11.2 Å². The molecule has 0 aromatic rings. The molecule has 3 heteroatoms. The van der Waals surface area contributed by atoms with Gasteiger partial charge in [0.2, 0.25) is 0 Å². The summed E-state index contributed by atoms with van der Waals surface area (Å²) in [5, 5.41) is 3.79. The maximum Gasteiger partial charge on any atom is 0.0760 e. The van der Waals surface area contributed by atoms with Gasteiger partial charge < -0.3 is 10.1 Å². The molecule has 1 N–H and O–H groups in total. The zero-order valence-electron chi connectivity index (χ0n) is 15.5. The van der Waals surface area contributed by atoms with Gasteiger partial charge in [-0.3, -0.25) is 4.90 Å². The predicted molar refractivity (Wildman–Crippen MR) is 91.9 cm³/mol. The lowest BCUT2D eigenvalue weighted by Gasteiger charge is -2.51. The first-order valence-electron chi connectivity index (χ1n) is 8.92. The molecule has 1 fully saturated rings. The number of hydrogen-bond donors (Lipinski definition) is 1. The third kappa shape index (κ3) is 5.88. The highest BCUT2D eigenvalue weighted by molar-refractivity contribution is 4.94. The number of rotatable bonds is 8. The summed E-state index contributed by atoms with van der Waals surface area (Å²) in [4.78, 5) is 2.67. The predicted octanol–water partition coefficient (Wildman–Crippen LogP) is 3.82. The van der Waals surface area contributed by atoms with Gasteiger partial charge in [-0.05, 0) is 53.5 Å². The fourth-order valence-corrected chi connectivity index (χ4v) is 3.95. The van der Waals surface area contributed by atoms with Crippen molar-refractivity contribution >= 4 is 0 Å². The van der Waals surface area contributed by atoms with Gasteiger partial charge in [-0.1, -0.05) is 27.2 Å². The molecule has 1 aliphatic heterocycles. The topological polar surface area (TPSA) is 24.5 Å². The molecule has 1 heterocycles. The van der Waals surface area contributed by atoms with Crippen molar-refractivity contribution in [2.75, 3.05) is 19.6 Å². The summed E-state index contributed by atoms with van der Waals surface area (Å²) in [7, 11) is 0. The smallest absolute Gasteiger partial charge is 0.0760 e. The van der Waals surface area contributed by atoms with Gasteiger partial charge in [-0.15, -0.1) is 0 Å². The zero-order valence-corrected chi connectivity index (χ0v) is 15.5. The quantitative estimate of drug-likeness (QED) is 0.737. The Labute approximate surface area is 132 Å². The Balaban J connectivity index is 2.84. The van der Waals surface area contributed by atoms with Crippen LogP contribution in [0.2, 0.25) is 0 Å². The first-order chi connectivity index (χ1) is 9.74. The summed E-state index contributed by atoms with van der Waals surface area (Å²) < 4.78 is 6.24. The highest BCUT2D eigenvalue weighted by Crippen LogP contribution is 2.31. The second-order valence-electron chi connectivity index (χ2n) is 7.85. The van der Waals surface area contributed by atoms with Crippen LogP contribution in [0.25, 0.3) is 0 Å². The van der Waals surface area contributed by atoms with E-state index in [-0.39, 0.29) is 11.2 Å². The normalized spacial score (nSPS) is 24.7. The van der Waals surface area contributed by atoms with Crippen molar-refractivity contribution in [3.8, 4) is 0 Å². The summed E-state index contributed by atoms with van der Waals surface area (Å²) in [6.45, 7) is 19.0. The van der Waals surface area contributed by atoms with E-state index in [9.17, 15) is 0 Å². The molecule has 21 heavy (non-hydrogen) atoms. The van der Waals surface area contributed by atoms with Crippen molar-refractivity contribution in [2.45, 2.75) is 97.4 Å². The SMILES string of the molecule is CCCNC(CCC)C(CC)N1CC(C)(C)OC(C)(C)C1. The molecule has 0 bridgehead atoms. The summed E-state index contributed by atoms with van der Waals surface area (Å²) in [6.07, 6.45) is 4.91. The zero-order chi connectivity index (χ0) is 16.1. The maximum atomic E-state index is 6.24. The molecule has 1 aliphatic rings. The van der Waals surface area contributed by atoms with Crippen LogP contribution < -0.4 is 5.32 Å². The van der Waals surface area contributed by atoms with Crippen LogP contribution in [-0.2, 0) is 4.74 Å². The lowest BCUT2D eigenvalue weighted by Crippen LogP contribution is -2.63. The summed E-state index contributed by atoms with van der Waals surface area (Å²) >= 11 is 0. The molecule has 0 radical (unpaired) electrons. The molecular weight excluding hydrogens is 260 g/mol. The molecule has 2 atom stereocenters. The minimum Gasteiger partial charge on any atom is -0.367 e. The third-order valence-electron chi connectivity index (χ3n) is 4.33. The highest BCUT2D eigenvalue weighted by Gasteiger charge is 2.41.